The molecule has 3 rings (SSSR count). The minimum absolute atomic E-state index is 0.213. The molecule has 1 N–H and O–H groups in total. The van der Waals surface area contributed by atoms with Crippen molar-refractivity contribution >= 4 is 16.5 Å². The molecule has 112 valence electrons. The number of aromatic nitrogens is 1. The van der Waals surface area contributed by atoms with Gasteiger partial charge in [0.2, 0.25) is 0 Å². The first kappa shape index (κ1) is 14.5. The summed E-state index contributed by atoms with van der Waals surface area (Å²) in [4.78, 5) is 7.09. The SMILES string of the molecule is CCN1CCC(Nc2nc(-c3ccc(F)cc3)cs2)CC1. The van der Waals surface area contributed by atoms with Crippen molar-refractivity contribution < 1.29 is 4.39 Å². The van der Waals surface area contributed by atoms with Crippen molar-refractivity contribution in [3.8, 4) is 11.3 Å². The average Bonchev–Trinajstić information content (AvgIpc) is 2.97. The Morgan fingerprint density at radius 1 is 1.29 bits per heavy atom. The molecule has 0 bridgehead atoms. The Hall–Kier alpha value is -1.46. The maximum atomic E-state index is 12.9. The molecule has 0 saturated carbocycles. The highest BCUT2D eigenvalue weighted by Gasteiger charge is 2.18. The van der Waals surface area contributed by atoms with E-state index in [2.05, 4.69) is 22.1 Å². The Bertz CT molecular complexity index is 573. The molecular formula is C16H20FN3S. The molecule has 3 nitrogen and oxygen atoms in total. The van der Waals surface area contributed by atoms with Crippen LogP contribution in [0.15, 0.2) is 29.6 Å². The number of rotatable bonds is 4. The minimum Gasteiger partial charge on any atom is -0.359 e. The molecule has 0 unspecified atom stereocenters. The lowest BCUT2D eigenvalue weighted by atomic mass is 10.1. The van der Waals surface area contributed by atoms with Crippen LogP contribution in [0.4, 0.5) is 9.52 Å². The molecule has 1 aromatic carbocycles. The topological polar surface area (TPSA) is 28.2 Å². The average molecular weight is 305 g/mol. The van der Waals surface area contributed by atoms with Crippen LogP contribution >= 0.6 is 11.3 Å². The highest BCUT2D eigenvalue weighted by atomic mass is 32.1. The predicted octanol–water partition coefficient (Wildman–Crippen LogP) is 3.85. The van der Waals surface area contributed by atoms with Crippen molar-refractivity contribution in [3.05, 3.63) is 35.5 Å². The van der Waals surface area contributed by atoms with E-state index >= 15 is 0 Å². The molecule has 2 heterocycles. The molecule has 21 heavy (non-hydrogen) atoms. The van der Waals surface area contributed by atoms with E-state index in [1.807, 2.05) is 5.38 Å². The number of likely N-dealkylation sites (tertiary alicyclic amines) is 1. The molecular weight excluding hydrogens is 285 g/mol. The number of thiazole rings is 1. The second-order valence-electron chi connectivity index (χ2n) is 5.40. The van der Waals surface area contributed by atoms with Crippen LogP contribution in [0.3, 0.4) is 0 Å². The highest BCUT2D eigenvalue weighted by Crippen LogP contribution is 2.26. The number of halogens is 1. The lowest BCUT2D eigenvalue weighted by Crippen LogP contribution is -2.38. The van der Waals surface area contributed by atoms with E-state index in [0.717, 1.165) is 36.0 Å². The zero-order valence-electron chi connectivity index (χ0n) is 12.2. The first-order chi connectivity index (χ1) is 10.2. The number of hydrogen-bond acceptors (Lipinski definition) is 4. The van der Waals surface area contributed by atoms with E-state index in [1.54, 1.807) is 23.5 Å². The summed E-state index contributed by atoms with van der Waals surface area (Å²) in [6.07, 6.45) is 2.33. The summed E-state index contributed by atoms with van der Waals surface area (Å²) in [7, 11) is 0. The lowest BCUT2D eigenvalue weighted by Gasteiger charge is -2.31. The van der Waals surface area contributed by atoms with Crippen molar-refractivity contribution in [2.24, 2.45) is 0 Å². The quantitative estimate of drug-likeness (QED) is 0.930. The van der Waals surface area contributed by atoms with Gasteiger partial charge in [0.05, 0.1) is 5.69 Å². The van der Waals surface area contributed by atoms with Gasteiger partial charge < -0.3 is 10.2 Å². The molecule has 1 aliphatic rings. The first-order valence-corrected chi connectivity index (χ1v) is 8.33. The van der Waals surface area contributed by atoms with Gasteiger partial charge in [0, 0.05) is 30.1 Å². The largest absolute Gasteiger partial charge is 0.359 e. The number of anilines is 1. The van der Waals surface area contributed by atoms with E-state index in [9.17, 15) is 4.39 Å². The zero-order chi connectivity index (χ0) is 14.7. The van der Waals surface area contributed by atoms with E-state index in [-0.39, 0.29) is 5.82 Å². The molecule has 1 aromatic heterocycles. The van der Waals surface area contributed by atoms with Gasteiger partial charge in [-0.3, -0.25) is 0 Å². The molecule has 1 fully saturated rings. The van der Waals surface area contributed by atoms with Crippen LogP contribution in [-0.2, 0) is 0 Å². The summed E-state index contributed by atoms with van der Waals surface area (Å²) in [6.45, 7) is 5.66. The van der Waals surface area contributed by atoms with Gasteiger partial charge in [-0.1, -0.05) is 6.92 Å². The van der Waals surface area contributed by atoms with Gasteiger partial charge in [-0.05, 0) is 43.7 Å². The zero-order valence-corrected chi connectivity index (χ0v) is 13.0. The standard InChI is InChI=1S/C16H20FN3S/c1-2-20-9-7-14(8-10-20)18-16-19-15(11-21-16)12-3-5-13(17)6-4-12/h3-6,11,14H,2,7-10H2,1H3,(H,18,19). The van der Waals surface area contributed by atoms with Gasteiger partial charge in [-0.2, -0.15) is 0 Å². The van der Waals surface area contributed by atoms with Gasteiger partial charge >= 0.3 is 0 Å². The highest BCUT2D eigenvalue weighted by molar-refractivity contribution is 7.14. The predicted molar refractivity (Wildman–Crippen MR) is 86.3 cm³/mol. The van der Waals surface area contributed by atoms with Crippen molar-refractivity contribution in [2.45, 2.75) is 25.8 Å². The summed E-state index contributed by atoms with van der Waals surface area (Å²) in [6, 6.07) is 7.01. The number of benzene rings is 1. The van der Waals surface area contributed by atoms with Gasteiger partial charge in [0.15, 0.2) is 5.13 Å². The fraction of sp³-hybridized carbons (Fsp3) is 0.438. The van der Waals surface area contributed by atoms with Gasteiger partial charge in [-0.25, -0.2) is 9.37 Å². The number of piperidine rings is 1. The number of hydrogen-bond donors (Lipinski definition) is 1. The monoisotopic (exact) mass is 305 g/mol. The maximum absolute atomic E-state index is 12.9. The van der Waals surface area contributed by atoms with Crippen LogP contribution in [0, 0.1) is 5.82 Å². The third-order valence-corrected chi connectivity index (χ3v) is 4.78. The Morgan fingerprint density at radius 3 is 2.67 bits per heavy atom. The van der Waals surface area contributed by atoms with Crippen molar-refractivity contribution in [2.75, 3.05) is 25.0 Å². The summed E-state index contributed by atoms with van der Waals surface area (Å²) in [5, 5.41) is 6.52. The Balaban J connectivity index is 1.62. The van der Waals surface area contributed by atoms with E-state index < -0.39 is 0 Å². The summed E-state index contributed by atoms with van der Waals surface area (Å²) in [5.41, 5.74) is 1.87. The van der Waals surface area contributed by atoms with Crippen LogP contribution in [0.1, 0.15) is 19.8 Å². The molecule has 0 spiro atoms. The van der Waals surface area contributed by atoms with Crippen LogP contribution in [0.2, 0.25) is 0 Å². The first-order valence-electron chi connectivity index (χ1n) is 7.45. The van der Waals surface area contributed by atoms with E-state index in [4.69, 9.17) is 0 Å². The van der Waals surface area contributed by atoms with Crippen molar-refractivity contribution in [3.63, 3.8) is 0 Å². The molecule has 1 aliphatic heterocycles. The molecule has 0 amide bonds. The summed E-state index contributed by atoms with van der Waals surface area (Å²) >= 11 is 1.62. The fourth-order valence-corrected chi connectivity index (χ4v) is 3.46. The Labute approximate surface area is 128 Å². The second kappa shape index (κ2) is 6.54. The Morgan fingerprint density at radius 2 is 2.00 bits per heavy atom. The van der Waals surface area contributed by atoms with E-state index in [0.29, 0.717) is 6.04 Å². The molecule has 0 aliphatic carbocycles. The molecule has 5 heteroatoms. The van der Waals surface area contributed by atoms with Crippen LogP contribution < -0.4 is 5.32 Å². The van der Waals surface area contributed by atoms with E-state index in [1.165, 1.54) is 25.0 Å². The molecule has 0 radical (unpaired) electrons. The van der Waals surface area contributed by atoms with Crippen molar-refractivity contribution in [1.82, 2.24) is 9.88 Å². The third kappa shape index (κ3) is 3.60. The number of nitrogens with zero attached hydrogens (tertiary/aromatic N) is 2. The normalized spacial score (nSPS) is 17.0. The van der Waals surface area contributed by atoms with Gasteiger partial charge in [-0.15, -0.1) is 11.3 Å². The van der Waals surface area contributed by atoms with Crippen LogP contribution in [0.5, 0.6) is 0 Å². The maximum Gasteiger partial charge on any atom is 0.183 e. The molecule has 2 aromatic rings. The second-order valence-corrected chi connectivity index (χ2v) is 6.26. The lowest BCUT2D eigenvalue weighted by molar-refractivity contribution is 0.229. The van der Waals surface area contributed by atoms with Crippen molar-refractivity contribution in [1.29, 1.82) is 0 Å². The smallest absolute Gasteiger partial charge is 0.183 e. The summed E-state index contributed by atoms with van der Waals surface area (Å²) < 4.78 is 12.9. The van der Waals surface area contributed by atoms with Gasteiger partial charge in [0.1, 0.15) is 5.82 Å². The third-order valence-electron chi connectivity index (χ3n) is 4.01. The minimum atomic E-state index is -0.213. The Kier molecular flexibility index (Phi) is 4.51. The van der Waals surface area contributed by atoms with Gasteiger partial charge in [0.25, 0.3) is 0 Å². The van der Waals surface area contributed by atoms with Crippen LogP contribution in [0.25, 0.3) is 11.3 Å². The molecule has 0 atom stereocenters. The fourth-order valence-electron chi connectivity index (χ4n) is 2.66. The molecule has 1 saturated heterocycles. The van der Waals surface area contributed by atoms with Crippen LogP contribution in [-0.4, -0.2) is 35.6 Å². The summed E-state index contributed by atoms with van der Waals surface area (Å²) in [5.74, 6) is -0.213. The number of nitrogens with one attached hydrogen (secondary N) is 1.